The number of hydrogen-bond acceptors (Lipinski definition) is 4. The van der Waals surface area contributed by atoms with Gasteiger partial charge in [0.05, 0.1) is 17.3 Å². The molecule has 26 heavy (non-hydrogen) atoms. The van der Waals surface area contributed by atoms with Crippen LogP contribution in [0.5, 0.6) is 0 Å². The van der Waals surface area contributed by atoms with Crippen molar-refractivity contribution in [3.8, 4) is 0 Å². The van der Waals surface area contributed by atoms with Crippen molar-refractivity contribution in [3.05, 3.63) is 24.3 Å². The van der Waals surface area contributed by atoms with Crippen molar-refractivity contribution in [1.29, 1.82) is 0 Å². The van der Waals surface area contributed by atoms with Crippen molar-refractivity contribution in [2.45, 2.75) is 38.1 Å². The molecular formula is C20H28N4O2. The van der Waals surface area contributed by atoms with Crippen molar-refractivity contribution >= 4 is 23.2 Å². The molecule has 2 amide bonds. The Morgan fingerprint density at radius 2 is 1.92 bits per heavy atom. The minimum absolute atomic E-state index is 0.0260. The Morgan fingerprint density at radius 3 is 2.65 bits per heavy atom. The Balaban J connectivity index is 1.41. The van der Waals surface area contributed by atoms with Crippen molar-refractivity contribution < 1.29 is 9.59 Å². The van der Waals surface area contributed by atoms with Crippen LogP contribution in [0.1, 0.15) is 32.6 Å². The van der Waals surface area contributed by atoms with Gasteiger partial charge in [0.2, 0.25) is 11.8 Å². The SMILES string of the molecule is CCN1CCCC(C(=O)N2CCC3(CC2)Nc2ccccc2NC3=O)C1. The molecule has 0 bridgehead atoms. The largest absolute Gasteiger partial charge is 0.369 e. The zero-order valence-electron chi connectivity index (χ0n) is 15.5. The fourth-order valence-corrected chi connectivity index (χ4v) is 4.52. The monoisotopic (exact) mass is 356 g/mol. The minimum atomic E-state index is -0.590. The highest BCUT2D eigenvalue weighted by atomic mass is 16.2. The lowest BCUT2D eigenvalue weighted by atomic mass is 9.83. The maximum atomic E-state index is 12.9. The van der Waals surface area contributed by atoms with Crippen LogP contribution in [0, 0.1) is 5.92 Å². The highest BCUT2D eigenvalue weighted by molar-refractivity contribution is 6.06. The van der Waals surface area contributed by atoms with Crippen LogP contribution >= 0.6 is 0 Å². The number of hydrogen-bond donors (Lipinski definition) is 2. The first-order valence-electron chi connectivity index (χ1n) is 9.81. The molecule has 6 nitrogen and oxygen atoms in total. The Hall–Kier alpha value is -2.08. The van der Waals surface area contributed by atoms with Gasteiger partial charge in [0, 0.05) is 19.6 Å². The van der Waals surface area contributed by atoms with Crippen molar-refractivity contribution in [3.63, 3.8) is 0 Å². The molecule has 0 saturated carbocycles. The first-order chi connectivity index (χ1) is 12.6. The molecule has 0 aromatic heterocycles. The first-order valence-corrected chi connectivity index (χ1v) is 9.81. The van der Waals surface area contributed by atoms with Crippen LogP contribution in [0.4, 0.5) is 11.4 Å². The number of carbonyl (C=O) groups is 2. The third-order valence-corrected chi connectivity index (χ3v) is 6.21. The summed E-state index contributed by atoms with van der Waals surface area (Å²) in [5.41, 5.74) is 1.22. The summed E-state index contributed by atoms with van der Waals surface area (Å²) in [4.78, 5) is 30.0. The molecule has 1 aromatic rings. The summed E-state index contributed by atoms with van der Waals surface area (Å²) in [6.07, 6.45) is 3.40. The van der Waals surface area contributed by atoms with Crippen molar-refractivity contribution in [2.24, 2.45) is 5.92 Å². The Kier molecular flexibility index (Phi) is 4.61. The van der Waals surface area contributed by atoms with E-state index in [9.17, 15) is 9.59 Å². The van der Waals surface area contributed by atoms with E-state index in [2.05, 4.69) is 22.5 Å². The van der Waals surface area contributed by atoms with Gasteiger partial charge in [-0.25, -0.2) is 0 Å². The molecule has 1 unspecified atom stereocenters. The average molecular weight is 356 g/mol. The molecule has 2 saturated heterocycles. The standard InChI is InChI=1S/C20H28N4O2/c1-2-23-11-5-6-15(14-23)18(25)24-12-9-20(10-13-24)19(26)21-16-7-3-4-8-17(16)22-20/h3-4,7-8,15,22H,2,5-6,9-14H2,1H3,(H,21,26). The van der Waals surface area contributed by atoms with E-state index in [-0.39, 0.29) is 17.7 Å². The molecule has 4 rings (SSSR count). The Labute approximate surface area is 154 Å². The lowest BCUT2D eigenvalue weighted by Crippen LogP contribution is -2.59. The molecular weight excluding hydrogens is 328 g/mol. The summed E-state index contributed by atoms with van der Waals surface area (Å²) in [6.45, 7) is 6.43. The van der Waals surface area contributed by atoms with E-state index in [1.165, 1.54) is 0 Å². The second-order valence-electron chi connectivity index (χ2n) is 7.76. The predicted octanol–water partition coefficient (Wildman–Crippen LogP) is 2.14. The third-order valence-electron chi connectivity index (χ3n) is 6.21. The molecule has 3 aliphatic heterocycles. The summed E-state index contributed by atoms with van der Waals surface area (Å²) in [6, 6.07) is 7.80. The molecule has 6 heteroatoms. The zero-order valence-corrected chi connectivity index (χ0v) is 15.5. The summed E-state index contributed by atoms with van der Waals surface area (Å²) >= 11 is 0. The fraction of sp³-hybridized carbons (Fsp3) is 0.600. The van der Waals surface area contributed by atoms with Gasteiger partial charge in [0.1, 0.15) is 5.54 Å². The number of rotatable bonds is 2. The minimum Gasteiger partial charge on any atom is -0.369 e. The number of carbonyl (C=O) groups excluding carboxylic acids is 2. The van der Waals surface area contributed by atoms with Crippen LogP contribution in [0.15, 0.2) is 24.3 Å². The number of para-hydroxylation sites is 2. The van der Waals surface area contributed by atoms with Crippen molar-refractivity contribution in [2.75, 3.05) is 43.4 Å². The summed E-state index contributed by atoms with van der Waals surface area (Å²) < 4.78 is 0. The number of amides is 2. The number of fused-ring (bicyclic) bond motifs is 1. The Bertz CT molecular complexity index is 697. The number of nitrogens with one attached hydrogen (secondary N) is 2. The number of anilines is 2. The molecule has 1 spiro atoms. The van der Waals surface area contributed by atoms with Gasteiger partial charge in [0.25, 0.3) is 0 Å². The van der Waals surface area contributed by atoms with Crippen LogP contribution in [0.25, 0.3) is 0 Å². The summed E-state index contributed by atoms with van der Waals surface area (Å²) in [7, 11) is 0. The van der Waals surface area contributed by atoms with E-state index in [1.807, 2.05) is 29.2 Å². The number of nitrogens with zero attached hydrogens (tertiary/aromatic N) is 2. The topological polar surface area (TPSA) is 64.7 Å². The van der Waals surface area contributed by atoms with E-state index in [4.69, 9.17) is 0 Å². The Morgan fingerprint density at radius 1 is 1.19 bits per heavy atom. The van der Waals surface area contributed by atoms with E-state index < -0.39 is 5.54 Å². The predicted molar refractivity (Wildman–Crippen MR) is 102 cm³/mol. The molecule has 140 valence electrons. The molecule has 1 atom stereocenters. The van der Waals surface area contributed by atoms with Gasteiger partial charge in [-0.2, -0.15) is 0 Å². The molecule has 2 N–H and O–H groups in total. The number of piperidine rings is 2. The smallest absolute Gasteiger partial charge is 0.250 e. The van der Waals surface area contributed by atoms with Crippen molar-refractivity contribution in [1.82, 2.24) is 9.80 Å². The lowest BCUT2D eigenvalue weighted by Gasteiger charge is -2.45. The molecule has 0 radical (unpaired) electrons. The van der Waals surface area contributed by atoms with Gasteiger partial charge >= 0.3 is 0 Å². The highest BCUT2D eigenvalue weighted by Crippen LogP contribution is 2.36. The first kappa shape index (κ1) is 17.3. The lowest BCUT2D eigenvalue weighted by molar-refractivity contribution is -0.140. The van der Waals surface area contributed by atoms with Gasteiger partial charge in [-0.05, 0) is 50.9 Å². The van der Waals surface area contributed by atoms with Crippen LogP contribution in [-0.4, -0.2) is 59.9 Å². The van der Waals surface area contributed by atoms with E-state index in [0.717, 1.165) is 43.9 Å². The van der Waals surface area contributed by atoms with Gasteiger partial charge in [-0.1, -0.05) is 19.1 Å². The van der Waals surface area contributed by atoms with Crippen LogP contribution < -0.4 is 10.6 Å². The summed E-state index contributed by atoms with van der Waals surface area (Å²) in [5.74, 6) is 0.416. The van der Waals surface area contributed by atoms with E-state index in [0.29, 0.717) is 25.9 Å². The quantitative estimate of drug-likeness (QED) is 0.852. The normalized spacial score (nSPS) is 25.3. The number of likely N-dealkylation sites (tertiary alicyclic amines) is 2. The zero-order chi connectivity index (χ0) is 18.1. The average Bonchev–Trinajstić information content (AvgIpc) is 2.69. The third kappa shape index (κ3) is 3.07. The molecule has 0 aliphatic carbocycles. The van der Waals surface area contributed by atoms with E-state index >= 15 is 0 Å². The van der Waals surface area contributed by atoms with Crippen LogP contribution in [-0.2, 0) is 9.59 Å². The molecule has 1 aromatic carbocycles. The van der Waals surface area contributed by atoms with Gasteiger partial charge < -0.3 is 20.4 Å². The second-order valence-corrected chi connectivity index (χ2v) is 7.76. The molecule has 3 aliphatic rings. The van der Waals surface area contributed by atoms with E-state index in [1.54, 1.807) is 0 Å². The highest BCUT2D eigenvalue weighted by Gasteiger charge is 2.45. The fourth-order valence-electron chi connectivity index (χ4n) is 4.52. The number of benzene rings is 1. The van der Waals surface area contributed by atoms with Gasteiger partial charge in [-0.3, -0.25) is 9.59 Å². The van der Waals surface area contributed by atoms with Crippen LogP contribution in [0.2, 0.25) is 0 Å². The summed E-state index contributed by atoms with van der Waals surface area (Å²) in [5, 5.41) is 6.49. The molecule has 3 heterocycles. The maximum absolute atomic E-state index is 12.9. The maximum Gasteiger partial charge on any atom is 0.250 e. The van der Waals surface area contributed by atoms with Gasteiger partial charge in [-0.15, -0.1) is 0 Å². The van der Waals surface area contributed by atoms with Gasteiger partial charge in [0.15, 0.2) is 0 Å². The van der Waals surface area contributed by atoms with Crippen LogP contribution in [0.3, 0.4) is 0 Å². The molecule has 2 fully saturated rings. The second kappa shape index (κ2) is 6.91.